The molecule has 1 aromatic rings. The molecule has 1 heterocycles. The highest BCUT2D eigenvalue weighted by atomic mass is 15.1. The normalized spacial score (nSPS) is 13.4. The van der Waals surface area contributed by atoms with E-state index in [9.17, 15) is 0 Å². The molecule has 0 spiro atoms. The summed E-state index contributed by atoms with van der Waals surface area (Å²) in [4.78, 5) is 8.41. The van der Waals surface area contributed by atoms with Crippen LogP contribution in [0.25, 0.3) is 0 Å². The lowest BCUT2D eigenvalue weighted by molar-refractivity contribution is 0.269. The van der Waals surface area contributed by atoms with Crippen LogP contribution in [0.15, 0.2) is 12.4 Å². The topological polar surface area (TPSA) is 75.9 Å². The Morgan fingerprint density at radius 1 is 1.16 bits per heavy atom. The van der Waals surface area contributed by atoms with Crippen molar-refractivity contribution in [2.75, 3.05) is 23.7 Å². The summed E-state index contributed by atoms with van der Waals surface area (Å²) in [6.45, 7) is 12.5. The van der Waals surface area contributed by atoms with Crippen molar-refractivity contribution in [3.05, 3.63) is 12.4 Å². The predicted molar refractivity (Wildman–Crippen MR) is 81.3 cm³/mol. The van der Waals surface area contributed by atoms with Crippen molar-refractivity contribution in [3.8, 4) is 0 Å². The summed E-state index contributed by atoms with van der Waals surface area (Å²) in [5.74, 6) is 2.26. The van der Waals surface area contributed by atoms with Crippen molar-refractivity contribution in [1.29, 1.82) is 0 Å². The molecule has 0 saturated carbocycles. The van der Waals surface area contributed by atoms with Crippen molar-refractivity contribution in [2.24, 2.45) is 17.1 Å². The molecule has 1 rings (SSSR count). The molecule has 5 nitrogen and oxygen atoms in total. The number of nitrogens with zero attached hydrogens (tertiary/aromatic N) is 2. The molecule has 4 N–H and O–H groups in total. The standard InChI is InChI=1S/C14H27N5/c1-10(2)14(4,5)8-17-13-6-12(18-9-19-13)16-7-11(3)15/h6,9-11H,7-8,15H2,1-5H3,(H2,16,17,18,19). The molecule has 1 unspecified atom stereocenters. The zero-order valence-corrected chi connectivity index (χ0v) is 12.7. The van der Waals surface area contributed by atoms with Crippen molar-refractivity contribution >= 4 is 11.6 Å². The van der Waals surface area contributed by atoms with Gasteiger partial charge in [-0.05, 0) is 18.3 Å². The molecule has 0 fully saturated rings. The van der Waals surface area contributed by atoms with Crippen LogP contribution in [0.1, 0.15) is 34.6 Å². The van der Waals surface area contributed by atoms with E-state index >= 15 is 0 Å². The minimum absolute atomic E-state index is 0.103. The van der Waals surface area contributed by atoms with Gasteiger partial charge in [0, 0.05) is 25.2 Å². The lowest BCUT2D eigenvalue weighted by Gasteiger charge is -2.29. The predicted octanol–water partition coefficient (Wildman–Crippen LogP) is 2.33. The molecule has 0 saturated heterocycles. The average molecular weight is 265 g/mol. The van der Waals surface area contributed by atoms with Crippen LogP contribution in [0.5, 0.6) is 0 Å². The van der Waals surface area contributed by atoms with Gasteiger partial charge in [-0.2, -0.15) is 0 Å². The Bertz CT molecular complexity index is 387. The van der Waals surface area contributed by atoms with Gasteiger partial charge >= 0.3 is 0 Å². The Hall–Kier alpha value is -1.36. The van der Waals surface area contributed by atoms with Crippen molar-refractivity contribution in [3.63, 3.8) is 0 Å². The highest BCUT2D eigenvalue weighted by Crippen LogP contribution is 2.26. The molecule has 5 heteroatoms. The molecule has 0 aliphatic heterocycles. The SMILES string of the molecule is CC(N)CNc1cc(NCC(C)(C)C(C)C)ncn1. The highest BCUT2D eigenvalue weighted by molar-refractivity contribution is 5.46. The summed E-state index contributed by atoms with van der Waals surface area (Å²) in [7, 11) is 0. The molecular weight excluding hydrogens is 238 g/mol. The van der Waals surface area contributed by atoms with Gasteiger partial charge in [0.05, 0.1) is 0 Å². The van der Waals surface area contributed by atoms with Gasteiger partial charge in [0.1, 0.15) is 18.0 Å². The molecule has 0 amide bonds. The molecular formula is C14H27N5. The molecule has 0 radical (unpaired) electrons. The number of nitrogens with one attached hydrogen (secondary N) is 2. The van der Waals surface area contributed by atoms with Crippen molar-refractivity contribution in [2.45, 2.75) is 40.7 Å². The first-order valence-electron chi connectivity index (χ1n) is 6.86. The second-order valence-corrected chi connectivity index (χ2v) is 6.14. The maximum absolute atomic E-state index is 5.71. The maximum atomic E-state index is 5.71. The lowest BCUT2D eigenvalue weighted by atomic mass is 9.81. The summed E-state index contributed by atoms with van der Waals surface area (Å²) in [5.41, 5.74) is 5.93. The minimum atomic E-state index is 0.103. The fourth-order valence-electron chi connectivity index (χ4n) is 1.34. The first-order chi connectivity index (χ1) is 8.81. The first kappa shape index (κ1) is 15.7. The second-order valence-electron chi connectivity index (χ2n) is 6.14. The molecule has 0 bridgehead atoms. The summed E-state index contributed by atoms with van der Waals surface area (Å²) in [6.07, 6.45) is 1.56. The van der Waals surface area contributed by atoms with Gasteiger partial charge in [-0.15, -0.1) is 0 Å². The largest absolute Gasteiger partial charge is 0.369 e. The van der Waals surface area contributed by atoms with E-state index < -0.39 is 0 Å². The van der Waals surface area contributed by atoms with E-state index in [-0.39, 0.29) is 11.5 Å². The number of hydrogen-bond donors (Lipinski definition) is 3. The number of hydrogen-bond acceptors (Lipinski definition) is 5. The van der Waals surface area contributed by atoms with Crippen LogP contribution in [-0.2, 0) is 0 Å². The second kappa shape index (κ2) is 6.70. The summed E-state index contributed by atoms with van der Waals surface area (Å²) >= 11 is 0. The Morgan fingerprint density at radius 3 is 2.26 bits per heavy atom. The van der Waals surface area contributed by atoms with Crippen LogP contribution in [0.4, 0.5) is 11.6 Å². The third kappa shape index (κ3) is 5.42. The van der Waals surface area contributed by atoms with E-state index in [1.54, 1.807) is 6.33 Å². The Balaban J connectivity index is 2.57. The summed E-state index contributed by atoms with van der Waals surface area (Å²) in [5, 5.41) is 6.56. The number of anilines is 2. The molecule has 0 aromatic carbocycles. The van der Waals surface area contributed by atoms with Gasteiger partial charge < -0.3 is 16.4 Å². The van der Waals surface area contributed by atoms with E-state index in [1.807, 2.05) is 13.0 Å². The van der Waals surface area contributed by atoms with Crippen LogP contribution in [0, 0.1) is 11.3 Å². The van der Waals surface area contributed by atoms with Gasteiger partial charge in [-0.1, -0.05) is 27.7 Å². The fourth-order valence-corrected chi connectivity index (χ4v) is 1.34. The third-order valence-corrected chi connectivity index (χ3v) is 3.56. The lowest BCUT2D eigenvalue weighted by Crippen LogP contribution is -2.29. The zero-order valence-electron chi connectivity index (χ0n) is 12.7. The molecule has 19 heavy (non-hydrogen) atoms. The Labute approximate surface area is 116 Å². The average Bonchev–Trinajstić information content (AvgIpc) is 2.34. The summed E-state index contributed by atoms with van der Waals surface area (Å²) < 4.78 is 0. The van der Waals surface area contributed by atoms with E-state index in [0.29, 0.717) is 12.5 Å². The van der Waals surface area contributed by atoms with Crippen molar-refractivity contribution in [1.82, 2.24) is 9.97 Å². The molecule has 1 atom stereocenters. The highest BCUT2D eigenvalue weighted by Gasteiger charge is 2.21. The summed E-state index contributed by atoms with van der Waals surface area (Å²) in [6, 6.07) is 2.02. The minimum Gasteiger partial charge on any atom is -0.369 e. The number of aromatic nitrogens is 2. The monoisotopic (exact) mass is 265 g/mol. The van der Waals surface area contributed by atoms with Crippen LogP contribution in [0.2, 0.25) is 0 Å². The quantitative estimate of drug-likeness (QED) is 0.705. The molecule has 108 valence electrons. The third-order valence-electron chi connectivity index (χ3n) is 3.56. The van der Waals surface area contributed by atoms with E-state index in [0.717, 1.165) is 18.2 Å². The van der Waals surface area contributed by atoms with Gasteiger partial charge in [0.25, 0.3) is 0 Å². The van der Waals surface area contributed by atoms with Crippen molar-refractivity contribution < 1.29 is 0 Å². The van der Waals surface area contributed by atoms with E-state index in [4.69, 9.17) is 5.73 Å². The van der Waals surface area contributed by atoms with Gasteiger partial charge in [-0.3, -0.25) is 0 Å². The van der Waals surface area contributed by atoms with E-state index in [2.05, 4.69) is 48.3 Å². The first-order valence-corrected chi connectivity index (χ1v) is 6.86. The smallest absolute Gasteiger partial charge is 0.131 e. The molecule has 0 aliphatic carbocycles. The maximum Gasteiger partial charge on any atom is 0.131 e. The van der Waals surface area contributed by atoms with E-state index in [1.165, 1.54) is 0 Å². The van der Waals surface area contributed by atoms with Crippen LogP contribution < -0.4 is 16.4 Å². The zero-order chi connectivity index (χ0) is 14.5. The Kier molecular flexibility index (Phi) is 5.54. The van der Waals surface area contributed by atoms with Gasteiger partial charge in [0.2, 0.25) is 0 Å². The fraction of sp³-hybridized carbons (Fsp3) is 0.714. The van der Waals surface area contributed by atoms with Gasteiger partial charge in [-0.25, -0.2) is 9.97 Å². The van der Waals surface area contributed by atoms with Gasteiger partial charge in [0.15, 0.2) is 0 Å². The molecule has 0 aliphatic rings. The number of rotatable bonds is 7. The molecule has 1 aromatic heterocycles. The van der Waals surface area contributed by atoms with Crippen LogP contribution >= 0.6 is 0 Å². The number of nitrogens with two attached hydrogens (primary N) is 1. The Morgan fingerprint density at radius 2 is 1.74 bits per heavy atom. The van der Waals surface area contributed by atoms with Crippen LogP contribution in [-0.4, -0.2) is 29.1 Å². The van der Waals surface area contributed by atoms with Crippen LogP contribution in [0.3, 0.4) is 0 Å².